The van der Waals surface area contributed by atoms with Crippen LogP contribution in [-0.2, 0) is 4.74 Å². The van der Waals surface area contributed by atoms with E-state index in [1.165, 1.54) is 7.11 Å². The second kappa shape index (κ2) is 7.21. The highest BCUT2D eigenvalue weighted by atomic mass is 16.6. The standard InChI is InChI=1S/C18H27N3O4/c1-12-11-20(8-9-21(12)17(23)25-18(2,3)4)16(22)13-6-7-15(24-5)14(19)10-13/h6-7,10,12H,8-9,11,19H2,1-5H3/t12-/m0/s1. The summed E-state index contributed by atoms with van der Waals surface area (Å²) in [7, 11) is 1.53. The first-order valence-electron chi connectivity index (χ1n) is 8.35. The Morgan fingerprint density at radius 2 is 1.92 bits per heavy atom. The molecule has 1 fully saturated rings. The average molecular weight is 349 g/mol. The molecule has 1 saturated heterocycles. The monoisotopic (exact) mass is 349 g/mol. The van der Waals surface area contributed by atoms with E-state index in [-0.39, 0.29) is 18.0 Å². The van der Waals surface area contributed by atoms with Gasteiger partial charge in [-0.05, 0) is 45.9 Å². The van der Waals surface area contributed by atoms with E-state index < -0.39 is 5.60 Å². The van der Waals surface area contributed by atoms with Crippen LogP contribution in [0.25, 0.3) is 0 Å². The highest BCUT2D eigenvalue weighted by Crippen LogP contribution is 2.23. The molecule has 2 rings (SSSR count). The molecule has 0 bridgehead atoms. The number of hydrogen-bond donors (Lipinski definition) is 1. The summed E-state index contributed by atoms with van der Waals surface area (Å²) in [5.41, 5.74) is 6.28. The summed E-state index contributed by atoms with van der Waals surface area (Å²) in [5.74, 6) is 0.435. The van der Waals surface area contributed by atoms with E-state index in [1.54, 1.807) is 28.0 Å². The fourth-order valence-corrected chi connectivity index (χ4v) is 2.78. The lowest BCUT2D eigenvalue weighted by atomic mass is 10.1. The van der Waals surface area contributed by atoms with Crippen LogP contribution in [0.5, 0.6) is 5.75 Å². The first-order valence-corrected chi connectivity index (χ1v) is 8.35. The van der Waals surface area contributed by atoms with Crippen molar-refractivity contribution < 1.29 is 19.1 Å². The van der Waals surface area contributed by atoms with Crippen LogP contribution in [0.2, 0.25) is 0 Å². The van der Waals surface area contributed by atoms with Crippen LogP contribution < -0.4 is 10.5 Å². The predicted molar refractivity (Wildman–Crippen MR) is 95.7 cm³/mol. The third kappa shape index (κ3) is 4.55. The van der Waals surface area contributed by atoms with Gasteiger partial charge in [-0.15, -0.1) is 0 Å². The van der Waals surface area contributed by atoms with Gasteiger partial charge in [-0.25, -0.2) is 4.79 Å². The fourth-order valence-electron chi connectivity index (χ4n) is 2.78. The summed E-state index contributed by atoms with van der Waals surface area (Å²) in [4.78, 5) is 28.3. The number of ether oxygens (including phenoxy) is 2. The number of nitrogen functional groups attached to an aromatic ring is 1. The Labute approximate surface area is 148 Å². The van der Waals surface area contributed by atoms with Crippen molar-refractivity contribution in [1.82, 2.24) is 9.80 Å². The number of benzene rings is 1. The van der Waals surface area contributed by atoms with Crippen molar-refractivity contribution in [3.05, 3.63) is 23.8 Å². The summed E-state index contributed by atoms with van der Waals surface area (Å²) in [6.45, 7) is 8.76. The van der Waals surface area contributed by atoms with Gasteiger partial charge >= 0.3 is 6.09 Å². The number of nitrogens with two attached hydrogens (primary N) is 1. The van der Waals surface area contributed by atoms with E-state index in [1.807, 2.05) is 27.7 Å². The van der Waals surface area contributed by atoms with Crippen LogP contribution in [0.15, 0.2) is 18.2 Å². The number of piperazine rings is 1. The van der Waals surface area contributed by atoms with Gasteiger partial charge in [-0.2, -0.15) is 0 Å². The number of hydrogen-bond acceptors (Lipinski definition) is 5. The molecule has 1 aromatic carbocycles. The van der Waals surface area contributed by atoms with E-state index in [0.29, 0.717) is 36.6 Å². The van der Waals surface area contributed by atoms with Crippen LogP contribution in [0.3, 0.4) is 0 Å². The van der Waals surface area contributed by atoms with Crippen molar-refractivity contribution in [1.29, 1.82) is 0 Å². The van der Waals surface area contributed by atoms with Crippen molar-refractivity contribution in [3.63, 3.8) is 0 Å². The summed E-state index contributed by atoms with van der Waals surface area (Å²) < 4.78 is 10.5. The Kier molecular flexibility index (Phi) is 5.45. The van der Waals surface area contributed by atoms with Gasteiger partial charge in [0.1, 0.15) is 11.4 Å². The SMILES string of the molecule is COc1ccc(C(=O)N2CCN(C(=O)OC(C)(C)C)[C@@H](C)C2)cc1N. The maximum Gasteiger partial charge on any atom is 0.410 e. The van der Waals surface area contributed by atoms with Gasteiger partial charge in [0.25, 0.3) is 5.91 Å². The number of rotatable bonds is 2. The number of carbonyl (C=O) groups excluding carboxylic acids is 2. The lowest BCUT2D eigenvalue weighted by Gasteiger charge is -2.40. The molecule has 7 heteroatoms. The molecular formula is C18H27N3O4. The molecule has 1 atom stereocenters. The van der Waals surface area contributed by atoms with Crippen molar-refractivity contribution in [2.45, 2.75) is 39.3 Å². The van der Waals surface area contributed by atoms with Crippen molar-refractivity contribution >= 4 is 17.7 Å². The topological polar surface area (TPSA) is 85.1 Å². The molecule has 0 spiro atoms. The maximum atomic E-state index is 12.7. The number of nitrogens with zero attached hydrogens (tertiary/aromatic N) is 2. The lowest BCUT2D eigenvalue weighted by Crippen LogP contribution is -2.56. The van der Waals surface area contributed by atoms with Crippen molar-refractivity contribution in [3.8, 4) is 5.75 Å². The van der Waals surface area contributed by atoms with E-state index in [0.717, 1.165) is 0 Å². The molecular weight excluding hydrogens is 322 g/mol. The quantitative estimate of drug-likeness (QED) is 0.829. The van der Waals surface area contributed by atoms with E-state index in [4.69, 9.17) is 15.2 Å². The van der Waals surface area contributed by atoms with Gasteiger partial charge in [-0.3, -0.25) is 4.79 Å². The molecule has 0 aromatic heterocycles. The zero-order chi connectivity index (χ0) is 18.8. The molecule has 0 saturated carbocycles. The second-order valence-electron chi connectivity index (χ2n) is 7.23. The summed E-state index contributed by atoms with van der Waals surface area (Å²) in [6, 6.07) is 4.88. The maximum absolute atomic E-state index is 12.7. The molecule has 1 aromatic rings. The average Bonchev–Trinajstić information content (AvgIpc) is 2.52. The molecule has 25 heavy (non-hydrogen) atoms. The molecule has 2 amide bonds. The Hall–Kier alpha value is -2.44. The van der Waals surface area contributed by atoms with Crippen LogP contribution in [0.4, 0.5) is 10.5 Å². The van der Waals surface area contributed by atoms with E-state index >= 15 is 0 Å². The molecule has 0 aliphatic carbocycles. The normalized spacial score (nSPS) is 18.0. The number of amides is 2. The minimum Gasteiger partial charge on any atom is -0.495 e. The van der Waals surface area contributed by atoms with Crippen molar-refractivity contribution in [2.24, 2.45) is 0 Å². The van der Waals surface area contributed by atoms with E-state index in [2.05, 4.69) is 0 Å². The highest BCUT2D eigenvalue weighted by Gasteiger charge is 2.32. The van der Waals surface area contributed by atoms with Crippen LogP contribution in [0, 0.1) is 0 Å². The summed E-state index contributed by atoms with van der Waals surface area (Å²) in [5, 5.41) is 0. The minimum absolute atomic E-state index is 0.106. The number of anilines is 1. The number of carbonyl (C=O) groups is 2. The molecule has 0 unspecified atom stereocenters. The lowest BCUT2D eigenvalue weighted by molar-refractivity contribution is 0.00198. The largest absolute Gasteiger partial charge is 0.495 e. The smallest absolute Gasteiger partial charge is 0.410 e. The van der Waals surface area contributed by atoms with Gasteiger partial charge in [0.15, 0.2) is 0 Å². The Bertz CT molecular complexity index is 654. The zero-order valence-corrected chi connectivity index (χ0v) is 15.5. The number of methoxy groups -OCH3 is 1. The fraction of sp³-hybridized carbons (Fsp3) is 0.556. The first-order chi connectivity index (χ1) is 11.6. The highest BCUT2D eigenvalue weighted by molar-refractivity contribution is 5.95. The Morgan fingerprint density at radius 1 is 1.24 bits per heavy atom. The molecule has 2 N–H and O–H groups in total. The van der Waals surface area contributed by atoms with Crippen LogP contribution in [-0.4, -0.2) is 60.2 Å². The molecule has 1 heterocycles. The van der Waals surface area contributed by atoms with Crippen LogP contribution >= 0.6 is 0 Å². The third-order valence-electron chi connectivity index (χ3n) is 4.02. The van der Waals surface area contributed by atoms with E-state index in [9.17, 15) is 9.59 Å². The summed E-state index contributed by atoms with van der Waals surface area (Å²) in [6.07, 6.45) is -0.346. The molecule has 7 nitrogen and oxygen atoms in total. The van der Waals surface area contributed by atoms with Gasteiger partial charge in [0.05, 0.1) is 12.8 Å². The molecule has 138 valence electrons. The molecule has 0 radical (unpaired) electrons. The summed E-state index contributed by atoms with van der Waals surface area (Å²) >= 11 is 0. The van der Waals surface area contributed by atoms with Gasteiger partial charge in [-0.1, -0.05) is 0 Å². The second-order valence-corrected chi connectivity index (χ2v) is 7.23. The third-order valence-corrected chi connectivity index (χ3v) is 4.02. The predicted octanol–water partition coefficient (Wildman–Crippen LogP) is 2.36. The van der Waals surface area contributed by atoms with Gasteiger partial charge in [0.2, 0.25) is 0 Å². The molecule has 1 aliphatic heterocycles. The zero-order valence-electron chi connectivity index (χ0n) is 15.5. The van der Waals surface area contributed by atoms with Crippen LogP contribution in [0.1, 0.15) is 38.1 Å². The molecule has 1 aliphatic rings. The Morgan fingerprint density at radius 3 is 2.44 bits per heavy atom. The first kappa shape index (κ1) is 18.9. The van der Waals surface area contributed by atoms with Gasteiger partial charge < -0.3 is 25.0 Å². The minimum atomic E-state index is -0.537. The van der Waals surface area contributed by atoms with Gasteiger partial charge in [0, 0.05) is 31.2 Å². The Balaban J connectivity index is 2.03. The van der Waals surface area contributed by atoms with Crippen molar-refractivity contribution in [2.75, 3.05) is 32.5 Å².